The molecule has 2 heteroatoms. The van der Waals surface area contributed by atoms with Crippen molar-refractivity contribution in [2.24, 2.45) is 0 Å². The molecule has 256 valence electrons. The van der Waals surface area contributed by atoms with Crippen LogP contribution < -0.4 is 9.80 Å². The largest absolute Gasteiger partial charge is 0.310 e. The lowest BCUT2D eigenvalue weighted by molar-refractivity contribution is 0.602. The minimum atomic E-state index is 1.16. The average Bonchev–Trinajstić information content (AvgIpc) is 3.20. The van der Waals surface area contributed by atoms with E-state index < -0.39 is 0 Å². The summed E-state index contributed by atoms with van der Waals surface area (Å²) in [5.41, 5.74) is 18.0. The van der Waals surface area contributed by atoms with E-state index in [0.29, 0.717) is 0 Å². The SMILES string of the molecule is C(=C1CCCCC1)c1ccc(N(c2ccccc2)c2ccc(N(c3ccccc3)c3ccc(C=C4CCCCC4)cc3)c3c2-c2ccccc2-3)cc1. The van der Waals surface area contributed by atoms with Gasteiger partial charge in [-0.15, -0.1) is 0 Å². The van der Waals surface area contributed by atoms with Gasteiger partial charge in [0, 0.05) is 33.9 Å². The lowest BCUT2D eigenvalue weighted by Gasteiger charge is -2.37. The van der Waals surface area contributed by atoms with Crippen LogP contribution in [0.2, 0.25) is 0 Å². The molecule has 0 amide bonds. The van der Waals surface area contributed by atoms with Crippen molar-refractivity contribution >= 4 is 46.3 Å². The number of para-hydroxylation sites is 2. The van der Waals surface area contributed by atoms with Crippen LogP contribution in [0.3, 0.4) is 0 Å². The van der Waals surface area contributed by atoms with Crippen LogP contribution in [0.5, 0.6) is 0 Å². The molecule has 2 saturated carbocycles. The Morgan fingerprint density at radius 3 is 1.06 bits per heavy atom. The van der Waals surface area contributed by atoms with Gasteiger partial charge in [0.15, 0.2) is 0 Å². The molecule has 0 unspecified atom stereocenters. The number of fused-ring (bicyclic) bond motifs is 4. The van der Waals surface area contributed by atoms with E-state index in [2.05, 4.69) is 168 Å². The first kappa shape index (κ1) is 32.3. The number of benzene rings is 6. The highest BCUT2D eigenvalue weighted by molar-refractivity contribution is 6.15. The number of hydrogen-bond acceptors (Lipinski definition) is 2. The standard InChI is InChI=1S/C50H46N2/c1-5-15-37(16-6-1)35-39-25-29-43(30-26-39)51(41-19-9-3-10-20-41)47-33-34-48(50-46-24-14-13-23-45(46)49(47)50)52(42-21-11-4-12-22-42)44-31-27-40(28-32-44)36-38-17-7-2-8-18-38/h3-4,9-14,19-36H,1-2,5-8,15-18H2. The Bertz CT molecular complexity index is 2050. The molecule has 3 aliphatic rings. The quantitative estimate of drug-likeness (QED) is 0.158. The monoisotopic (exact) mass is 674 g/mol. The number of allylic oxidation sites excluding steroid dienone is 2. The number of hydrogen-bond donors (Lipinski definition) is 0. The normalized spacial score (nSPS) is 14.8. The Morgan fingerprint density at radius 1 is 0.327 bits per heavy atom. The third-order valence-corrected chi connectivity index (χ3v) is 11.2. The Balaban J connectivity index is 1.16. The average molecular weight is 675 g/mol. The summed E-state index contributed by atoms with van der Waals surface area (Å²) in [6, 6.07) is 53.7. The highest BCUT2D eigenvalue weighted by atomic mass is 15.2. The first-order chi connectivity index (χ1) is 25.8. The van der Waals surface area contributed by atoms with Gasteiger partial charge in [-0.25, -0.2) is 0 Å². The fourth-order valence-corrected chi connectivity index (χ4v) is 8.58. The molecule has 0 aromatic heterocycles. The van der Waals surface area contributed by atoms with Crippen LogP contribution in [0.25, 0.3) is 34.4 Å². The molecule has 0 N–H and O–H groups in total. The summed E-state index contributed by atoms with van der Waals surface area (Å²) < 4.78 is 0. The van der Waals surface area contributed by atoms with E-state index in [1.807, 2.05) is 0 Å². The molecule has 0 spiro atoms. The Morgan fingerprint density at radius 2 is 0.673 bits per heavy atom. The molecule has 6 aromatic carbocycles. The van der Waals surface area contributed by atoms with Crippen LogP contribution in [-0.4, -0.2) is 0 Å². The van der Waals surface area contributed by atoms with Crippen molar-refractivity contribution in [3.8, 4) is 22.3 Å². The van der Waals surface area contributed by atoms with Crippen molar-refractivity contribution in [1.82, 2.24) is 0 Å². The van der Waals surface area contributed by atoms with Crippen LogP contribution >= 0.6 is 0 Å². The predicted octanol–water partition coefficient (Wildman–Crippen LogP) is 15.0. The Kier molecular flexibility index (Phi) is 9.05. The van der Waals surface area contributed by atoms with E-state index in [-0.39, 0.29) is 0 Å². The molecular weight excluding hydrogens is 629 g/mol. The number of anilines is 6. The molecule has 2 fully saturated rings. The number of nitrogens with zero attached hydrogens (tertiary/aromatic N) is 2. The molecule has 52 heavy (non-hydrogen) atoms. The maximum atomic E-state index is 2.44. The first-order valence-electron chi connectivity index (χ1n) is 19.4. The predicted molar refractivity (Wildman–Crippen MR) is 222 cm³/mol. The lowest BCUT2D eigenvalue weighted by atomic mass is 9.77. The fourth-order valence-electron chi connectivity index (χ4n) is 8.58. The van der Waals surface area contributed by atoms with E-state index >= 15 is 0 Å². The van der Waals surface area contributed by atoms with Gasteiger partial charge in [-0.3, -0.25) is 0 Å². The van der Waals surface area contributed by atoms with Crippen molar-refractivity contribution in [1.29, 1.82) is 0 Å². The van der Waals surface area contributed by atoms with Gasteiger partial charge in [-0.2, -0.15) is 0 Å². The van der Waals surface area contributed by atoms with Gasteiger partial charge in [0.2, 0.25) is 0 Å². The molecule has 6 aromatic rings. The highest BCUT2D eigenvalue weighted by Gasteiger charge is 2.33. The van der Waals surface area contributed by atoms with Crippen LogP contribution in [-0.2, 0) is 0 Å². The van der Waals surface area contributed by atoms with E-state index in [9.17, 15) is 0 Å². The van der Waals surface area contributed by atoms with Crippen molar-refractivity contribution in [2.45, 2.75) is 64.2 Å². The third-order valence-electron chi connectivity index (χ3n) is 11.2. The zero-order valence-corrected chi connectivity index (χ0v) is 30.0. The third kappa shape index (κ3) is 6.39. The van der Waals surface area contributed by atoms with Gasteiger partial charge in [-0.05, 0) is 134 Å². The molecule has 9 rings (SSSR count). The van der Waals surface area contributed by atoms with Gasteiger partial charge >= 0.3 is 0 Å². The van der Waals surface area contributed by atoms with Crippen LogP contribution in [0.1, 0.15) is 75.3 Å². The van der Waals surface area contributed by atoms with E-state index in [1.165, 1.54) is 120 Å². The molecular formula is C50H46N2. The molecule has 0 saturated heterocycles. The second-order valence-electron chi connectivity index (χ2n) is 14.7. The van der Waals surface area contributed by atoms with Crippen molar-refractivity contribution in [3.05, 3.63) is 168 Å². The summed E-state index contributed by atoms with van der Waals surface area (Å²) in [6.45, 7) is 0. The molecule has 3 aliphatic carbocycles. The minimum absolute atomic E-state index is 1.16. The maximum Gasteiger partial charge on any atom is 0.0548 e. The second-order valence-corrected chi connectivity index (χ2v) is 14.7. The fraction of sp³-hybridized carbons (Fsp3) is 0.200. The molecule has 0 aliphatic heterocycles. The summed E-state index contributed by atoms with van der Waals surface area (Å²) in [5.74, 6) is 0. The van der Waals surface area contributed by atoms with Crippen molar-refractivity contribution in [2.75, 3.05) is 9.80 Å². The molecule has 0 atom stereocenters. The van der Waals surface area contributed by atoms with Crippen LogP contribution in [0.15, 0.2) is 157 Å². The zero-order valence-electron chi connectivity index (χ0n) is 30.0. The first-order valence-corrected chi connectivity index (χ1v) is 19.4. The zero-order chi connectivity index (χ0) is 34.7. The van der Waals surface area contributed by atoms with Crippen LogP contribution in [0, 0.1) is 0 Å². The molecule has 2 nitrogen and oxygen atoms in total. The van der Waals surface area contributed by atoms with E-state index in [1.54, 1.807) is 11.1 Å². The molecule has 0 radical (unpaired) electrons. The Labute approximate surface area is 309 Å². The smallest absolute Gasteiger partial charge is 0.0548 e. The summed E-state index contributed by atoms with van der Waals surface area (Å²) in [6.07, 6.45) is 17.8. The topological polar surface area (TPSA) is 6.48 Å². The van der Waals surface area contributed by atoms with Crippen molar-refractivity contribution in [3.63, 3.8) is 0 Å². The van der Waals surface area contributed by atoms with Gasteiger partial charge in [-0.1, -0.05) is 121 Å². The van der Waals surface area contributed by atoms with Crippen LogP contribution in [0.4, 0.5) is 34.1 Å². The summed E-state index contributed by atoms with van der Waals surface area (Å²) in [4.78, 5) is 4.88. The summed E-state index contributed by atoms with van der Waals surface area (Å²) in [5, 5.41) is 0. The van der Waals surface area contributed by atoms with E-state index in [0.717, 1.165) is 11.4 Å². The summed E-state index contributed by atoms with van der Waals surface area (Å²) >= 11 is 0. The Hall–Kier alpha value is -5.60. The lowest BCUT2D eigenvalue weighted by Crippen LogP contribution is -2.18. The minimum Gasteiger partial charge on any atom is -0.310 e. The number of rotatable bonds is 8. The van der Waals surface area contributed by atoms with Gasteiger partial charge in [0.25, 0.3) is 0 Å². The van der Waals surface area contributed by atoms with Gasteiger partial charge in [0.1, 0.15) is 0 Å². The van der Waals surface area contributed by atoms with Gasteiger partial charge < -0.3 is 9.80 Å². The maximum absolute atomic E-state index is 2.44. The molecule has 0 heterocycles. The molecule has 0 bridgehead atoms. The second kappa shape index (κ2) is 14.6. The summed E-state index contributed by atoms with van der Waals surface area (Å²) in [7, 11) is 0. The highest BCUT2D eigenvalue weighted by Crippen LogP contribution is 2.59. The van der Waals surface area contributed by atoms with Crippen molar-refractivity contribution < 1.29 is 0 Å². The van der Waals surface area contributed by atoms with Gasteiger partial charge in [0.05, 0.1) is 11.4 Å². The van der Waals surface area contributed by atoms with E-state index in [4.69, 9.17) is 0 Å².